The molecule has 0 saturated carbocycles. The molecule has 0 spiro atoms. The molecule has 3 amide bonds. The highest BCUT2D eigenvalue weighted by Gasteiger charge is 2.46. The van der Waals surface area contributed by atoms with E-state index in [2.05, 4.69) is 10.1 Å². The zero-order valence-corrected chi connectivity index (χ0v) is 19.2. The third-order valence-corrected chi connectivity index (χ3v) is 5.78. The molecule has 8 heteroatoms. The Morgan fingerprint density at radius 2 is 1.57 bits per heavy atom. The molecule has 1 aliphatic heterocycles. The number of imide groups is 1. The molecule has 2 heterocycles. The number of urea groups is 1. The lowest BCUT2D eigenvalue weighted by Gasteiger charge is -2.22. The predicted molar refractivity (Wildman–Crippen MR) is 128 cm³/mol. The molecule has 5 rings (SSSR count). The van der Waals surface area contributed by atoms with E-state index >= 15 is 0 Å². The topological polar surface area (TPSA) is 88.8 Å². The van der Waals surface area contributed by atoms with Gasteiger partial charge in [0.05, 0.1) is 6.61 Å². The summed E-state index contributed by atoms with van der Waals surface area (Å²) in [7, 11) is 0. The van der Waals surface area contributed by atoms with Crippen molar-refractivity contribution in [2.45, 2.75) is 26.1 Å². The van der Waals surface area contributed by atoms with Gasteiger partial charge in [-0.2, -0.15) is 4.98 Å². The fourth-order valence-electron chi connectivity index (χ4n) is 4.12. The van der Waals surface area contributed by atoms with Crippen molar-refractivity contribution >= 4 is 11.9 Å². The van der Waals surface area contributed by atoms with E-state index in [9.17, 15) is 9.59 Å². The van der Waals surface area contributed by atoms with Gasteiger partial charge in [0.15, 0.2) is 0 Å². The van der Waals surface area contributed by atoms with Crippen molar-refractivity contribution in [3.8, 4) is 17.1 Å². The Balaban J connectivity index is 1.39. The summed E-state index contributed by atoms with van der Waals surface area (Å²) in [6.07, 6.45) is 0. The molecule has 1 saturated heterocycles. The second-order valence-electron chi connectivity index (χ2n) is 8.10. The Labute approximate surface area is 202 Å². The van der Waals surface area contributed by atoms with Crippen LogP contribution in [0.3, 0.4) is 0 Å². The summed E-state index contributed by atoms with van der Waals surface area (Å²) in [6, 6.07) is 25.1. The number of carbonyl (C=O) groups is 2. The molecule has 4 aromatic rings. The van der Waals surface area contributed by atoms with E-state index in [-0.39, 0.29) is 18.3 Å². The van der Waals surface area contributed by atoms with Crippen molar-refractivity contribution in [2.75, 3.05) is 6.61 Å². The molecule has 1 fully saturated rings. The number of benzene rings is 3. The molecule has 3 aromatic carbocycles. The van der Waals surface area contributed by atoms with Gasteiger partial charge in [-0.25, -0.2) is 4.79 Å². The fourth-order valence-corrected chi connectivity index (χ4v) is 4.12. The Kier molecular flexibility index (Phi) is 6.26. The zero-order valence-electron chi connectivity index (χ0n) is 19.2. The second kappa shape index (κ2) is 9.80. The van der Waals surface area contributed by atoms with Crippen molar-refractivity contribution < 1.29 is 18.8 Å². The molecular weight excluding hydrogens is 444 g/mol. The van der Waals surface area contributed by atoms with Crippen LogP contribution in [0.15, 0.2) is 89.5 Å². The van der Waals surface area contributed by atoms with Crippen molar-refractivity contribution in [3.05, 3.63) is 102 Å². The van der Waals surface area contributed by atoms with E-state index < -0.39 is 12.1 Å². The Hall–Kier alpha value is -4.46. The second-order valence-corrected chi connectivity index (χ2v) is 8.10. The number of aromatic nitrogens is 2. The zero-order chi connectivity index (χ0) is 24.2. The third-order valence-electron chi connectivity index (χ3n) is 5.78. The lowest BCUT2D eigenvalue weighted by atomic mass is 10.1. The van der Waals surface area contributed by atoms with Crippen LogP contribution in [0, 0.1) is 0 Å². The van der Waals surface area contributed by atoms with E-state index in [1.165, 1.54) is 4.90 Å². The van der Waals surface area contributed by atoms with Crippen LogP contribution in [0.2, 0.25) is 0 Å². The van der Waals surface area contributed by atoms with E-state index in [4.69, 9.17) is 9.26 Å². The van der Waals surface area contributed by atoms with Gasteiger partial charge in [0.2, 0.25) is 11.7 Å². The highest BCUT2D eigenvalue weighted by Crippen LogP contribution is 2.33. The first kappa shape index (κ1) is 22.3. The molecule has 35 heavy (non-hydrogen) atoms. The van der Waals surface area contributed by atoms with Gasteiger partial charge >= 0.3 is 6.03 Å². The summed E-state index contributed by atoms with van der Waals surface area (Å²) in [5.74, 6) is 0.989. The van der Waals surface area contributed by atoms with Crippen LogP contribution in [0.4, 0.5) is 4.79 Å². The summed E-state index contributed by atoms with van der Waals surface area (Å²) in [6.45, 7) is 2.71. The van der Waals surface area contributed by atoms with Crippen LogP contribution in [0.5, 0.6) is 5.75 Å². The van der Waals surface area contributed by atoms with Crippen molar-refractivity contribution in [1.82, 2.24) is 19.9 Å². The normalized spacial score (nSPS) is 15.6. The first-order chi connectivity index (χ1) is 17.1. The molecule has 1 atom stereocenters. The summed E-state index contributed by atoms with van der Waals surface area (Å²) < 4.78 is 10.9. The minimum Gasteiger partial charge on any atom is -0.494 e. The van der Waals surface area contributed by atoms with Gasteiger partial charge < -0.3 is 14.2 Å². The number of ether oxygens (including phenoxy) is 1. The van der Waals surface area contributed by atoms with E-state index in [0.29, 0.717) is 19.0 Å². The highest BCUT2D eigenvalue weighted by molar-refractivity contribution is 6.04. The van der Waals surface area contributed by atoms with Gasteiger partial charge in [-0.3, -0.25) is 9.69 Å². The third kappa shape index (κ3) is 4.63. The molecule has 1 unspecified atom stereocenters. The van der Waals surface area contributed by atoms with Crippen LogP contribution >= 0.6 is 0 Å². The number of rotatable bonds is 8. The molecular formula is C27H24N4O4. The molecule has 0 aliphatic carbocycles. The largest absolute Gasteiger partial charge is 0.494 e. The first-order valence-corrected chi connectivity index (χ1v) is 11.4. The minimum atomic E-state index is -0.725. The van der Waals surface area contributed by atoms with Crippen LogP contribution in [0.1, 0.15) is 30.0 Å². The van der Waals surface area contributed by atoms with Gasteiger partial charge in [-0.05, 0) is 42.3 Å². The van der Waals surface area contributed by atoms with Gasteiger partial charge in [0, 0.05) is 12.1 Å². The minimum absolute atomic E-state index is 0.101. The van der Waals surface area contributed by atoms with E-state index in [1.807, 2.05) is 91.9 Å². The standard InChI is InChI=1S/C27H24N4O4/c1-2-34-22-15-13-21(14-16-22)25-28-23(35-29-25)18-31-26(32)24(20-11-7-4-8-12-20)30(27(31)33)17-19-9-5-3-6-10-19/h3-16,24H,2,17-18H2,1H3. The lowest BCUT2D eigenvalue weighted by molar-refractivity contribution is -0.129. The smallest absolute Gasteiger partial charge is 0.328 e. The van der Waals surface area contributed by atoms with Crippen LogP contribution in [-0.2, 0) is 17.9 Å². The number of amides is 3. The number of hydrogen-bond donors (Lipinski definition) is 0. The number of nitrogens with zero attached hydrogens (tertiary/aromatic N) is 4. The van der Waals surface area contributed by atoms with E-state index in [1.54, 1.807) is 4.90 Å². The molecule has 8 nitrogen and oxygen atoms in total. The fraction of sp³-hybridized carbons (Fsp3) is 0.185. The number of carbonyl (C=O) groups excluding carboxylic acids is 2. The van der Waals surface area contributed by atoms with Gasteiger partial charge in [0.25, 0.3) is 5.91 Å². The maximum Gasteiger partial charge on any atom is 0.328 e. The molecule has 1 aromatic heterocycles. The maximum absolute atomic E-state index is 13.5. The molecule has 0 radical (unpaired) electrons. The summed E-state index contributed by atoms with van der Waals surface area (Å²) in [5.41, 5.74) is 2.44. The van der Waals surface area contributed by atoms with Crippen LogP contribution in [-0.4, -0.2) is 38.5 Å². The first-order valence-electron chi connectivity index (χ1n) is 11.4. The van der Waals surface area contributed by atoms with Gasteiger partial charge in [-0.1, -0.05) is 65.8 Å². The molecule has 0 bridgehead atoms. The van der Waals surface area contributed by atoms with Crippen molar-refractivity contribution in [2.24, 2.45) is 0 Å². The van der Waals surface area contributed by atoms with Crippen molar-refractivity contribution in [3.63, 3.8) is 0 Å². The quantitative estimate of drug-likeness (QED) is 0.344. The average molecular weight is 469 g/mol. The predicted octanol–water partition coefficient (Wildman–Crippen LogP) is 4.84. The molecule has 176 valence electrons. The monoisotopic (exact) mass is 468 g/mol. The average Bonchev–Trinajstić information content (AvgIpc) is 3.45. The van der Waals surface area contributed by atoms with Crippen molar-refractivity contribution in [1.29, 1.82) is 0 Å². The summed E-state index contributed by atoms with van der Waals surface area (Å²) in [5, 5.41) is 4.03. The van der Waals surface area contributed by atoms with Gasteiger partial charge in [-0.15, -0.1) is 0 Å². The Morgan fingerprint density at radius 1 is 0.886 bits per heavy atom. The van der Waals surface area contributed by atoms with Gasteiger partial charge in [0.1, 0.15) is 18.3 Å². The Morgan fingerprint density at radius 3 is 2.26 bits per heavy atom. The number of hydrogen-bond acceptors (Lipinski definition) is 6. The SMILES string of the molecule is CCOc1ccc(-c2noc(CN3C(=O)C(c4ccccc4)N(Cc4ccccc4)C3=O)n2)cc1. The summed E-state index contributed by atoms with van der Waals surface area (Å²) >= 11 is 0. The highest BCUT2D eigenvalue weighted by atomic mass is 16.5. The Bertz CT molecular complexity index is 1310. The summed E-state index contributed by atoms with van der Waals surface area (Å²) in [4.78, 5) is 34.0. The molecule has 0 N–H and O–H groups in total. The van der Waals surface area contributed by atoms with Crippen LogP contribution in [0.25, 0.3) is 11.4 Å². The lowest BCUT2D eigenvalue weighted by Crippen LogP contribution is -2.32. The van der Waals surface area contributed by atoms with E-state index in [0.717, 1.165) is 22.4 Å². The van der Waals surface area contributed by atoms with Crippen LogP contribution < -0.4 is 4.74 Å². The molecule has 1 aliphatic rings. The maximum atomic E-state index is 13.5.